The van der Waals surface area contributed by atoms with Crippen molar-refractivity contribution in [3.05, 3.63) is 48.0 Å². The van der Waals surface area contributed by atoms with Crippen LogP contribution in [0.15, 0.2) is 42.5 Å². The predicted molar refractivity (Wildman–Crippen MR) is 76.3 cm³/mol. The maximum Gasteiger partial charge on any atom is 0.188 e. The van der Waals surface area contributed by atoms with Gasteiger partial charge in [0.25, 0.3) is 0 Å². The van der Waals surface area contributed by atoms with Crippen LogP contribution in [-0.2, 0) is 4.74 Å². The largest absolute Gasteiger partial charge is 0.497 e. The first kappa shape index (κ1) is 14.1. The zero-order chi connectivity index (χ0) is 14.4. The van der Waals surface area contributed by atoms with Gasteiger partial charge in [-0.05, 0) is 29.8 Å². The molecule has 0 radical (unpaired) electrons. The monoisotopic (exact) mass is 272 g/mol. The summed E-state index contributed by atoms with van der Waals surface area (Å²) in [5, 5.41) is 0. The lowest BCUT2D eigenvalue weighted by atomic mass is 10.0. The molecule has 0 amide bonds. The normalized spacial score (nSPS) is 10.1. The summed E-state index contributed by atoms with van der Waals surface area (Å²) in [6.07, 6.45) is 0.796. The molecule has 0 heterocycles. The van der Waals surface area contributed by atoms with Crippen molar-refractivity contribution in [2.45, 2.75) is 0 Å². The molecule has 4 heteroatoms. The number of hydrogen-bond acceptors (Lipinski definition) is 4. The molecule has 2 aromatic carbocycles. The molecular formula is C16H16O4. The van der Waals surface area contributed by atoms with Crippen LogP contribution in [-0.4, -0.2) is 27.3 Å². The third kappa shape index (κ3) is 3.16. The first-order valence-electron chi connectivity index (χ1n) is 6.14. The Hall–Kier alpha value is -2.33. The van der Waals surface area contributed by atoms with Crippen molar-refractivity contribution in [1.29, 1.82) is 0 Å². The van der Waals surface area contributed by atoms with E-state index >= 15 is 0 Å². The number of hydrogen-bond donors (Lipinski definition) is 0. The van der Waals surface area contributed by atoms with Gasteiger partial charge in [-0.1, -0.05) is 18.2 Å². The highest BCUT2D eigenvalue weighted by Crippen LogP contribution is 2.32. The highest BCUT2D eigenvalue weighted by Gasteiger charge is 2.08. The lowest BCUT2D eigenvalue weighted by Crippen LogP contribution is -2.00. The molecule has 0 aliphatic heterocycles. The summed E-state index contributed by atoms with van der Waals surface area (Å²) in [4.78, 5) is 11.0. The number of methoxy groups -OCH3 is 2. The van der Waals surface area contributed by atoms with Gasteiger partial charge in [0.05, 0.1) is 7.11 Å². The lowest BCUT2D eigenvalue weighted by Gasteiger charge is -2.12. The average Bonchev–Trinajstić information content (AvgIpc) is 2.52. The number of benzene rings is 2. The van der Waals surface area contributed by atoms with Crippen molar-refractivity contribution in [2.75, 3.05) is 21.0 Å². The van der Waals surface area contributed by atoms with Gasteiger partial charge in [0.2, 0.25) is 0 Å². The van der Waals surface area contributed by atoms with Gasteiger partial charge in [-0.3, -0.25) is 4.79 Å². The van der Waals surface area contributed by atoms with Crippen LogP contribution < -0.4 is 9.47 Å². The molecule has 0 bridgehead atoms. The molecule has 4 nitrogen and oxygen atoms in total. The van der Waals surface area contributed by atoms with Crippen LogP contribution in [0.4, 0.5) is 0 Å². The van der Waals surface area contributed by atoms with Gasteiger partial charge in [-0.25, -0.2) is 0 Å². The van der Waals surface area contributed by atoms with Crippen molar-refractivity contribution >= 4 is 6.29 Å². The van der Waals surface area contributed by atoms with Crippen LogP contribution >= 0.6 is 0 Å². The molecule has 0 spiro atoms. The molecule has 0 unspecified atom stereocenters. The molecule has 0 atom stereocenters. The van der Waals surface area contributed by atoms with Gasteiger partial charge in [0, 0.05) is 18.2 Å². The van der Waals surface area contributed by atoms with E-state index in [-0.39, 0.29) is 6.79 Å². The van der Waals surface area contributed by atoms with Gasteiger partial charge in [-0.15, -0.1) is 0 Å². The van der Waals surface area contributed by atoms with E-state index in [0.29, 0.717) is 17.1 Å². The van der Waals surface area contributed by atoms with Gasteiger partial charge < -0.3 is 14.2 Å². The Labute approximate surface area is 117 Å². The Balaban J connectivity index is 2.47. The van der Waals surface area contributed by atoms with Gasteiger partial charge in [0.1, 0.15) is 17.8 Å². The van der Waals surface area contributed by atoms with E-state index in [2.05, 4.69) is 0 Å². The van der Waals surface area contributed by atoms with E-state index in [4.69, 9.17) is 14.2 Å². The standard InChI is InChI=1S/C16H16O4/c1-18-11-20-16-6-4-3-5-15(16)13-7-12(10-17)8-14(9-13)19-2/h3-10H,11H2,1-2H3. The summed E-state index contributed by atoms with van der Waals surface area (Å²) < 4.78 is 15.7. The van der Waals surface area contributed by atoms with E-state index < -0.39 is 0 Å². The fraction of sp³-hybridized carbons (Fsp3) is 0.188. The van der Waals surface area contributed by atoms with Gasteiger partial charge in [-0.2, -0.15) is 0 Å². The number of para-hydroxylation sites is 1. The van der Waals surface area contributed by atoms with Crippen molar-refractivity contribution in [1.82, 2.24) is 0 Å². The molecule has 0 N–H and O–H groups in total. The average molecular weight is 272 g/mol. The number of carbonyl (C=O) groups is 1. The molecule has 0 fully saturated rings. The molecular weight excluding hydrogens is 256 g/mol. The fourth-order valence-electron chi connectivity index (χ4n) is 1.92. The summed E-state index contributed by atoms with van der Waals surface area (Å²) in [5.41, 5.74) is 2.30. The van der Waals surface area contributed by atoms with E-state index in [1.165, 1.54) is 0 Å². The Morgan fingerprint density at radius 1 is 1.10 bits per heavy atom. The Morgan fingerprint density at radius 2 is 1.90 bits per heavy atom. The molecule has 2 aromatic rings. The van der Waals surface area contributed by atoms with E-state index in [1.807, 2.05) is 30.3 Å². The minimum atomic E-state index is 0.168. The van der Waals surface area contributed by atoms with Crippen molar-refractivity contribution in [3.63, 3.8) is 0 Å². The predicted octanol–water partition coefficient (Wildman–Crippen LogP) is 3.16. The summed E-state index contributed by atoms with van der Waals surface area (Å²) in [6, 6.07) is 12.9. The summed E-state index contributed by atoms with van der Waals surface area (Å²) in [6.45, 7) is 0.168. The maximum atomic E-state index is 11.0. The molecule has 20 heavy (non-hydrogen) atoms. The van der Waals surface area contributed by atoms with Crippen molar-refractivity contribution in [3.8, 4) is 22.6 Å². The van der Waals surface area contributed by atoms with Crippen LogP contribution in [0.25, 0.3) is 11.1 Å². The third-order valence-corrected chi connectivity index (χ3v) is 2.83. The Morgan fingerprint density at radius 3 is 2.60 bits per heavy atom. The highest BCUT2D eigenvalue weighted by molar-refractivity contribution is 5.81. The second kappa shape index (κ2) is 6.73. The molecule has 2 rings (SSSR count). The molecule has 0 aromatic heterocycles. The van der Waals surface area contributed by atoms with E-state index in [1.54, 1.807) is 26.4 Å². The molecule has 0 saturated carbocycles. The number of aldehydes is 1. The van der Waals surface area contributed by atoms with Crippen LogP contribution in [0.3, 0.4) is 0 Å². The first-order chi connectivity index (χ1) is 9.78. The van der Waals surface area contributed by atoms with Gasteiger partial charge >= 0.3 is 0 Å². The zero-order valence-electron chi connectivity index (χ0n) is 11.5. The number of carbonyl (C=O) groups excluding carboxylic acids is 1. The summed E-state index contributed by atoms with van der Waals surface area (Å²) in [5.74, 6) is 1.32. The topological polar surface area (TPSA) is 44.8 Å². The third-order valence-electron chi connectivity index (χ3n) is 2.83. The van der Waals surface area contributed by atoms with Crippen LogP contribution in [0.5, 0.6) is 11.5 Å². The molecule has 0 aliphatic carbocycles. The van der Waals surface area contributed by atoms with E-state index in [9.17, 15) is 4.79 Å². The second-order valence-corrected chi connectivity index (χ2v) is 4.16. The summed E-state index contributed by atoms with van der Waals surface area (Å²) >= 11 is 0. The van der Waals surface area contributed by atoms with Crippen LogP contribution in [0.1, 0.15) is 10.4 Å². The maximum absolute atomic E-state index is 11.0. The highest BCUT2D eigenvalue weighted by atomic mass is 16.7. The first-order valence-corrected chi connectivity index (χ1v) is 6.14. The molecule has 104 valence electrons. The van der Waals surface area contributed by atoms with Crippen molar-refractivity contribution < 1.29 is 19.0 Å². The van der Waals surface area contributed by atoms with Gasteiger partial charge in [0.15, 0.2) is 6.79 Å². The fourth-order valence-corrected chi connectivity index (χ4v) is 1.92. The molecule has 0 saturated heterocycles. The quantitative estimate of drug-likeness (QED) is 0.598. The minimum absolute atomic E-state index is 0.168. The summed E-state index contributed by atoms with van der Waals surface area (Å²) in [7, 11) is 3.14. The lowest BCUT2D eigenvalue weighted by molar-refractivity contribution is 0.0515. The Bertz CT molecular complexity index is 593. The molecule has 0 aliphatic rings. The number of ether oxygens (including phenoxy) is 3. The number of rotatable bonds is 6. The van der Waals surface area contributed by atoms with E-state index in [0.717, 1.165) is 17.4 Å². The minimum Gasteiger partial charge on any atom is -0.497 e. The second-order valence-electron chi connectivity index (χ2n) is 4.16. The SMILES string of the molecule is COCOc1ccccc1-c1cc(C=O)cc(OC)c1. The van der Waals surface area contributed by atoms with Crippen molar-refractivity contribution in [2.24, 2.45) is 0 Å². The van der Waals surface area contributed by atoms with Crippen LogP contribution in [0.2, 0.25) is 0 Å². The zero-order valence-corrected chi connectivity index (χ0v) is 11.5. The van der Waals surface area contributed by atoms with Crippen LogP contribution in [0, 0.1) is 0 Å². The Kier molecular flexibility index (Phi) is 4.74. The smallest absolute Gasteiger partial charge is 0.188 e.